The zero-order valence-corrected chi connectivity index (χ0v) is 14.3. The van der Waals surface area contributed by atoms with E-state index in [1.807, 2.05) is 42.5 Å². The standard InChI is InChI=1S/C21H14BrFO/c22-17-11-8-15(9-12-17)10-13-21(24)20-7-2-1-6-19(20)16-4-3-5-18(23)14-16/h1-14H/b13-10+. The minimum absolute atomic E-state index is 0.113. The molecule has 3 aromatic rings. The lowest BCUT2D eigenvalue weighted by Crippen LogP contribution is -1.97. The molecule has 0 unspecified atom stereocenters. The molecule has 0 atom stereocenters. The lowest BCUT2D eigenvalue weighted by Gasteiger charge is -2.07. The Morgan fingerprint density at radius 1 is 0.917 bits per heavy atom. The van der Waals surface area contributed by atoms with Gasteiger partial charge in [-0.25, -0.2) is 4.39 Å². The number of carbonyl (C=O) groups is 1. The summed E-state index contributed by atoms with van der Waals surface area (Å²) in [6.07, 6.45) is 3.32. The molecule has 0 fully saturated rings. The summed E-state index contributed by atoms with van der Waals surface area (Å²) in [7, 11) is 0. The molecular weight excluding hydrogens is 367 g/mol. The van der Waals surface area contributed by atoms with Gasteiger partial charge in [-0.15, -0.1) is 0 Å². The average molecular weight is 381 g/mol. The van der Waals surface area contributed by atoms with Crippen molar-refractivity contribution in [3.63, 3.8) is 0 Å². The van der Waals surface area contributed by atoms with Crippen LogP contribution >= 0.6 is 15.9 Å². The van der Waals surface area contributed by atoms with E-state index in [2.05, 4.69) is 15.9 Å². The molecule has 0 aliphatic heterocycles. The highest BCUT2D eigenvalue weighted by Crippen LogP contribution is 2.25. The molecule has 3 rings (SSSR count). The molecule has 0 amide bonds. The van der Waals surface area contributed by atoms with Crippen molar-refractivity contribution in [2.24, 2.45) is 0 Å². The van der Waals surface area contributed by atoms with E-state index in [1.54, 1.807) is 30.4 Å². The first-order valence-electron chi connectivity index (χ1n) is 7.46. The van der Waals surface area contributed by atoms with Crippen LogP contribution in [0, 0.1) is 5.82 Å². The highest BCUT2D eigenvalue weighted by atomic mass is 79.9. The van der Waals surface area contributed by atoms with Crippen LogP contribution in [0.5, 0.6) is 0 Å². The van der Waals surface area contributed by atoms with Gasteiger partial charge in [0.25, 0.3) is 0 Å². The number of rotatable bonds is 4. The van der Waals surface area contributed by atoms with Crippen LogP contribution in [0.25, 0.3) is 17.2 Å². The minimum Gasteiger partial charge on any atom is -0.289 e. The minimum atomic E-state index is -0.319. The van der Waals surface area contributed by atoms with Gasteiger partial charge >= 0.3 is 0 Å². The number of hydrogen-bond acceptors (Lipinski definition) is 1. The van der Waals surface area contributed by atoms with Gasteiger partial charge in [-0.05, 0) is 47.0 Å². The third kappa shape index (κ3) is 3.87. The molecule has 0 heterocycles. The molecule has 1 nitrogen and oxygen atoms in total. The monoisotopic (exact) mass is 380 g/mol. The summed E-state index contributed by atoms with van der Waals surface area (Å²) in [4.78, 5) is 12.6. The number of ketones is 1. The van der Waals surface area contributed by atoms with Crippen LogP contribution in [0.15, 0.2) is 83.3 Å². The van der Waals surface area contributed by atoms with Gasteiger partial charge in [-0.2, -0.15) is 0 Å². The predicted molar refractivity (Wildman–Crippen MR) is 99.3 cm³/mol. The topological polar surface area (TPSA) is 17.1 Å². The summed E-state index contributed by atoms with van der Waals surface area (Å²) < 4.78 is 14.5. The maximum Gasteiger partial charge on any atom is 0.186 e. The Hall–Kier alpha value is -2.52. The Kier molecular flexibility index (Phi) is 5.02. The molecule has 0 spiro atoms. The Bertz CT molecular complexity index is 898. The number of allylic oxidation sites excluding steroid dienone is 1. The number of hydrogen-bond donors (Lipinski definition) is 0. The number of carbonyl (C=O) groups excluding carboxylic acids is 1. The van der Waals surface area contributed by atoms with E-state index in [0.29, 0.717) is 11.1 Å². The van der Waals surface area contributed by atoms with Crippen molar-refractivity contribution in [2.75, 3.05) is 0 Å². The van der Waals surface area contributed by atoms with E-state index in [9.17, 15) is 9.18 Å². The maximum absolute atomic E-state index is 13.5. The molecule has 0 aromatic heterocycles. The van der Waals surface area contributed by atoms with Crippen LogP contribution in [0.3, 0.4) is 0 Å². The highest BCUT2D eigenvalue weighted by Gasteiger charge is 2.10. The van der Waals surface area contributed by atoms with E-state index in [-0.39, 0.29) is 11.6 Å². The molecule has 0 N–H and O–H groups in total. The zero-order chi connectivity index (χ0) is 16.9. The van der Waals surface area contributed by atoms with Gasteiger partial charge in [0.1, 0.15) is 5.82 Å². The maximum atomic E-state index is 13.5. The Morgan fingerprint density at radius 2 is 1.67 bits per heavy atom. The fraction of sp³-hybridized carbons (Fsp3) is 0. The smallest absolute Gasteiger partial charge is 0.186 e. The Labute approximate surface area is 148 Å². The third-order valence-electron chi connectivity index (χ3n) is 3.63. The summed E-state index contributed by atoms with van der Waals surface area (Å²) in [6, 6.07) is 21.2. The summed E-state index contributed by atoms with van der Waals surface area (Å²) in [5.74, 6) is -0.432. The van der Waals surface area contributed by atoms with Gasteiger partial charge in [0.15, 0.2) is 5.78 Å². The predicted octanol–water partition coefficient (Wildman–Crippen LogP) is 6.15. The average Bonchev–Trinajstić information content (AvgIpc) is 2.61. The van der Waals surface area contributed by atoms with Gasteiger partial charge in [-0.1, -0.05) is 70.5 Å². The molecule has 118 valence electrons. The normalized spacial score (nSPS) is 10.9. The zero-order valence-electron chi connectivity index (χ0n) is 12.7. The second-order valence-electron chi connectivity index (χ2n) is 5.31. The quantitative estimate of drug-likeness (QED) is 0.391. The molecule has 0 bridgehead atoms. The van der Waals surface area contributed by atoms with Gasteiger partial charge in [0, 0.05) is 10.0 Å². The van der Waals surface area contributed by atoms with Crippen molar-refractivity contribution in [1.82, 2.24) is 0 Å². The van der Waals surface area contributed by atoms with Crippen molar-refractivity contribution in [3.05, 3.63) is 100 Å². The first kappa shape index (κ1) is 16.3. The fourth-order valence-corrected chi connectivity index (χ4v) is 2.71. The van der Waals surface area contributed by atoms with Crippen molar-refractivity contribution in [3.8, 4) is 11.1 Å². The van der Waals surface area contributed by atoms with Crippen LogP contribution in [-0.4, -0.2) is 5.78 Å². The molecule has 0 saturated carbocycles. The lowest BCUT2D eigenvalue weighted by molar-refractivity contribution is 0.104. The van der Waals surface area contributed by atoms with Crippen molar-refractivity contribution < 1.29 is 9.18 Å². The first-order valence-corrected chi connectivity index (χ1v) is 8.26. The molecule has 0 radical (unpaired) electrons. The summed E-state index contributed by atoms with van der Waals surface area (Å²) in [6.45, 7) is 0. The second kappa shape index (κ2) is 7.37. The van der Waals surface area contributed by atoms with Crippen LogP contribution in [0.1, 0.15) is 15.9 Å². The third-order valence-corrected chi connectivity index (χ3v) is 4.15. The first-order chi connectivity index (χ1) is 11.6. The molecule has 3 aromatic carbocycles. The van der Waals surface area contributed by atoms with E-state index in [1.165, 1.54) is 12.1 Å². The van der Waals surface area contributed by atoms with E-state index < -0.39 is 0 Å². The fourth-order valence-electron chi connectivity index (χ4n) is 2.44. The summed E-state index contributed by atoms with van der Waals surface area (Å²) in [5, 5.41) is 0. The van der Waals surface area contributed by atoms with Gasteiger partial charge in [-0.3, -0.25) is 4.79 Å². The van der Waals surface area contributed by atoms with Gasteiger partial charge < -0.3 is 0 Å². The van der Waals surface area contributed by atoms with Crippen LogP contribution in [0.4, 0.5) is 4.39 Å². The van der Waals surface area contributed by atoms with Gasteiger partial charge in [0.2, 0.25) is 0 Å². The van der Waals surface area contributed by atoms with E-state index >= 15 is 0 Å². The van der Waals surface area contributed by atoms with E-state index in [4.69, 9.17) is 0 Å². The SMILES string of the molecule is O=C(/C=C/c1ccc(Br)cc1)c1ccccc1-c1cccc(F)c1. The molecule has 0 aliphatic rings. The summed E-state index contributed by atoms with van der Waals surface area (Å²) >= 11 is 3.38. The van der Waals surface area contributed by atoms with Crippen molar-refractivity contribution in [1.29, 1.82) is 0 Å². The van der Waals surface area contributed by atoms with Gasteiger partial charge in [0.05, 0.1) is 0 Å². The van der Waals surface area contributed by atoms with E-state index in [0.717, 1.165) is 15.6 Å². The number of benzene rings is 3. The van der Waals surface area contributed by atoms with Crippen molar-refractivity contribution in [2.45, 2.75) is 0 Å². The Balaban J connectivity index is 1.92. The molecule has 0 aliphatic carbocycles. The van der Waals surface area contributed by atoms with Crippen molar-refractivity contribution >= 4 is 27.8 Å². The molecule has 3 heteroatoms. The highest BCUT2D eigenvalue weighted by molar-refractivity contribution is 9.10. The molecule has 0 saturated heterocycles. The molecule has 24 heavy (non-hydrogen) atoms. The van der Waals surface area contributed by atoms with Crippen LogP contribution in [0.2, 0.25) is 0 Å². The number of halogens is 2. The van der Waals surface area contributed by atoms with Crippen LogP contribution in [-0.2, 0) is 0 Å². The second-order valence-corrected chi connectivity index (χ2v) is 6.22. The molecular formula is C21H14BrFO. The lowest BCUT2D eigenvalue weighted by atomic mass is 9.96. The largest absolute Gasteiger partial charge is 0.289 e. The van der Waals surface area contributed by atoms with Crippen LogP contribution < -0.4 is 0 Å². The Morgan fingerprint density at radius 3 is 2.42 bits per heavy atom. The summed E-state index contributed by atoms with van der Waals surface area (Å²) in [5.41, 5.74) is 2.91.